The highest BCUT2D eigenvalue weighted by Crippen LogP contribution is 2.61. The number of benzene rings is 1. The van der Waals surface area contributed by atoms with Gasteiger partial charge in [-0.1, -0.05) is 65.3 Å². The molecule has 48 heavy (non-hydrogen) atoms. The lowest BCUT2D eigenvalue weighted by Crippen LogP contribution is -2.58. The molecule has 0 radical (unpaired) electrons. The number of carbonyl (C=O) groups is 1. The van der Waals surface area contributed by atoms with Crippen molar-refractivity contribution in [2.75, 3.05) is 6.61 Å². The number of aromatic nitrogens is 3. The van der Waals surface area contributed by atoms with Crippen molar-refractivity contribution in [3.63, 3.8) is 0 Å². The van der Waals surface area contributed by atoms with Crippen molar-refractivity contribution in [3.05, 3.63) is 110 Å². The maximum atomic E-state index is 14.4. The van der Waals surface area contributed by atoms with E-state index in [1.54, 1.807) is 38.1 Å². The van der Waals surface area contributed by atoms with Crippen LogP contribution in [0.3, 0.4) is 0 Å². The van der Waals surface area contributed by atoms with Crippen molar-refractivity contribution >= 4 is 6.29 Å². The van der Waals surface area contributed by atoms with Crippen LogP contribution in [0.4, 0.5) is 0 Å². The van der Waals surface area contributed by atoms with Crippen LogP contribution in [0.25, 0.3) is 5.69 Å². The average Bonchev–Trinajstić information content (AvgIpc) is 3.51. The molecule has 1 aromatic heterocycles. The minimum Gasteiger partial charge on any atom is -0.396 e. The molecule has 2 aromatic rings. The van der Waals surface area contributed by atoms with Gasteiger partial charge in [-0.25, -0.2) is 23.5 Å². The lowest BCUT2D eigenvalue weighted by molar-refractivity contribution is -0.222. The number of rotatable bonds is 9. The molecule has 1 saturated carbocycles. The number of carbonyl (C=O) groups excluding carboxylic acids is 1. The monoisotopic (exact) mass is 659 g/mol. The summed E-state index contributed by atoms with van der Waals surface area (Å²) in [7, 11) is 0. The first-order chi connectivity index (χ1) is 22.8. The first-order valence-electron chi connectivity index (χ1n) is 16.8. The van der Waals surface area contributed by atoms with Crippen LogP contribution in [0.2, 0.25) is 0 Å². The van der Waals surface area contributed by atoms with Gasteiger partial charge in [-0.2, -0.15) is 0 Å². The molecule has 1 spiro atoms. The van der Waals surface area contributed by atoms with E-state index in [4.69, 9.17) is 4.74 Å². The first kappa shape index (κ1) is 35.5. The molecule has 2 unspecified atom stereocenters. The van der Waals surface area contributed by atoms with Crippen molar-refractivity contribution in [3.8, 4) is 5.69 Å². The Hall–Kier alpha value is -3.83. The minimum atomic E-state index is -1.43. The van der Waals surface area contributed by atoms with E-state index in [0.717, 1.165) is 33.1 Å². The summed E-state index contributed by atoms with van der Waals surface area (Å²) in [4.78, 5) is 40.6. The number of fused-ring (bicyclic) bond motifs is 1. The fourth-order valence-electron chi connectivity index (χ4n) is 8.21. The van der Waals surface area contributed by atoms with Crippen LogP contribution >= 0.6 is 0 Å². The third-order valence-electron chi connectivity index (χ3n) is 10.6. The van der Waals surface area contributed by atoms with Gasteiger partial charge < -0.3 is 20.1 Å². The van der Waals surface area contributed by atoms with Gasteiger partial charge in [0, 0.05) is 6.61 Å². The molecule has 3 N–H and O–H groups in total. The summed E-state index contributed by atoms with van der Waals surface area (Å²) in [6, 6.07) is 7.42. The number of aliphatic hydroxyl groups excluding tert-OH is 2. The van der Waals surface area contributed by atoms with Crippen LogP contribution in [0, 0.1) is 11.3 Å². The summed E-state index contributed by atoms with van der Waals surface area (Å²) >= 11 is 0. The van der Waals surface area contributed by atoms with Crippen molar-refractivity contribution < 1.29 is 24.9 Å². The van der Waals surface area contributed by atoms with Crippen LogP contribution < -0.4 is 11.4 Å². The van der Waals surface area contributed by atoms with Gasteiger partial charge in [0.25, 0.3) is 0 Å². The molecule has 1 saturated heterocycles. The van der Waals surface area contributed by atoms with E-state index in [1.165, 1.54) is 9.36 Å². The Labute approximate surface area is 281 Å². The minimum absolute atomic E-state index is 0.0838. The lowest BCUT2D eigenvalue weighted by Gasteiger charge is -2.54. The van der Waals surface area contributed by atoms with E-state index in [-0.39, 0.29) is 13.0 Å². The van der Waals surface area contributed by atoms with Gasteiger partial charge in [-0.15, -0.1) is 0 Å². The normalized spacial score (nSPS) is 31.6. The van der Waals surface area contributed by atoms with Crippen LogP contribution in [0.15, 0.2) is 98.2 Å². The predicted octanol–water partition coefficient (Wildman–Crippen LogP) is 4.85. The van der Waals surface area contributed by atoms with E-state index in [1.807, 2.05) is 64.1 Å². The highest BCUT2D eigenvalue weighted by molar-refractivity contribution is 5.74. The Bertz CT molecular complexity index is 1800. The molecule has 2 fully saturated rings. The topological polar surface area (TPSA) is 136 Å². The molecule has 7 atom stereocenters. The highest BCUT2D eigenvalue weighted by Gasteiger charge is 2.65. The molecule has 2 aliphatic heterocycles. The van der Waals surface area contributed by atoms with E-state index in [0.29, 0.717) is 36.9 Å². The molecule has 258 valence electrons. The summed E-state index contributed by atoms with van der Waals surface area (Å²) in [5.41, 5.74) is 0.990. The second kappa shape index (κ2) is 14.0. The molecule has 10 nitrogen and oxygen atoms in total. The Balaban J connectivity index is 1.68. The van der Waals surface area contributed by atoms with Gasteiger partial charge in [-0.05, 0) is 103 Å². The van der Waals surface area contributed by atoms with E-state index in [2.05, 4.69) is 0 Å². The highest BCUT2D eigenvalue weighted by atomic mass is 16.6. The number of aliphatic hydroxyl groups is 3. The van der Waals surface area contributed by atoms with E-state index >= 15 is 0 Å². The van der Waals surface area contributed by atoms with Gasteiger partial charge in [0.05, 0.1) is 28.8 Å². The maximum Gasteiger partial charge on any atom is 0.352 e. The van der Waals surface area contributed by atoms with Crippen molar-refractivity contribution in [1.29, 1.82) is 0 Å². The molecule has 0 bridgehead atoms. The second-order valence-electron chi connectivity index (χ2n) is 14.1. The third-order valence-corrected chi connectivity index (χ3v) is 10.6. The zero-order chi connectivity index (χ0) is 35.0. The molecule has 1 aliphatic carbocycles. The van der Waals surface area contributed by atoms with Crippen LogP contribution in [0.5, 0.6) is 0 Å². The molecule has 0 amide bonds. The lowest BCUT2D eigenvalue weighted by atomic mass is 9.53. The number of allylic oxidation sites excluding steroid dienone is 9. The van der Waals surface area contributed by atoms with E-state index in [9.17, 15) is 29.7 Å². The largest absolute Gasteiger partial charge is 0.396 e. The van der Waals surface area contributed by atoms with Gasteiger partial charge in [0.1, 0.15) is 12.3 Å². The summed E-state index contributed by atoms with van der Waals surface area (Å²) in [6.07, 6.45) is 10.1. The van der Waals surface area contributed by atoms with Crippen molar-refractivity contribution in [2.24, 2.45) is 11.3 Å². The zero-order valence-electron chi connectivity index (χ0n) is 28.8. The SMILES string of the molecule is CC(C)=C/C=C/C(C)=C/C1C=C(C)C([C@@H]2C[C@]3([C@H](CCCO)/C(=C(/C)C=O)CC[C@]3(C)O)[C@@H](O)O2)n2c(=O)n(-c3ccccc3)c(=O)n21. The van der Waals surface area contributed by atoms with Gasteiger partial charge in [0.2, 0.25) is 0 Å². The van der Waals surface area contributed by atoms with Crippen molar-refractivity contribution in [1.82, 2.24) is 13.9 Å². The number of para-hydroxylation sites is 1. The number of ether oxygens (including phenoxy) is 1. The quantitative estimate of drug-likeness (QED) is 0.152. The summed E-state index contributed by atoms with van der Waals surface area (Å²) in [5.74, 6) is -0.453. The van der Waals surface area contributed by atoms with Crippen LogP contribution in [-0.2, 0) is 9.53 Å². The number of hydrogen-bond acceptors (Lipinski definition) is 7. The first-order valence-corrected chi connectivity index (χ1v) is 16.8. The number of aldehydes is 1. The molecule has 3 aliphatic rings. The zero-order valence-corrected chi connectivity index (χ0v) is 28.8. The van der Waals surface area contributed by atoms with Crippen molar-refractivity contribution in [2.45, 2.75) is 104 Å². The van der Waals surface area contributed by atoms with Gasteiger partial charge in [-0.3, -0.25) is 4.79 Å². The molecule has 5 rings (SSSR count). The maximum absolute atomic E-state index is 14.4. The summed E-state index contributed by atoms with van der Waals surface area (Å²) in [5, 5.41) is 33.7. The van der Waals surface area contributed by atoms with Gasteiger partial charge in [0.15, 0.2) is 6.29 Å². The molecular weight excluding hydrogens is 610 g/mol. The standard InChI is InChI=1S/C38H49N3O7/c1-24(2)12-10-13-25(3)20-29-21-26(4)33(41-36(46)39(35(45)40(29)41)28-14-8-7-9-15-28)32-22-38(34(44)48-32)31(16-11-19-42)30(27(5)23-43)17-18-37(38,6)47/h7-10,12-15,20-21,23,29,31-34,42,44,47H,11,16-19,22H2,1-6H3/b13-10+,25-20+,30-27-/t29?,31-,32+,33?,34+,37+,38+/m1/s1. The Morgan fingerprint density at radius 1 is 1.08 bits per heavy atom. The molecule has 3 heterocycles. The Morgan fingerprint density at radius 2 is 1.77 bits per heavy atom. The molecule has 10 heteroatoms. The molecule has 1 aromatic carbocycles. The summed E-state index contributed by atoms with van der Waals surface area (Å²) < 4.78 is 10.5. The smallest absolute Gasteiger partial charge is 0.352 e. The van der Waals surface area contributed by atoms with Gasteiger partial charge >= 0.3 is 11.4 Å². The number of nitrogens with zero attached hydrogens (tertiary/aromatic N) is 3. The van der Waals surface area contributed by atoms with E-state index < -0.39 is 52.8 Å². The van der Waals surface area contributed by atoms with Crippen LogP contribution in [-0.4, -0.2) is 60.1 Å². The predicted molar refractivity (Wildman–Crippen MR) is 185 cm³/mol. The summed E-state index contributed by atoms with van der Waals surface area (Å²) in [6.45, 7) is 11.2. The Kier molecular flexibility index (Phi) is 10.3. The Morgan fingerprint density at radius 3 is 2.42 bits per heavy atom. The molecular formula is C38H49N3O7. The third kappa shape index (κ3) is 6.11. The fourth-order valence-corrected chi connectivity index (χ4v) is 8.21. The average molecular weight is 660 g/mol. The number of hydrogen-bond donors (Lipinski definition) is 3. The second-order valence-corrected chi connectivity index (χ2v) is 14.1. The van der Waals surface area contributed by atoms with Crippen LogP contribution in [0.1, 0.15) is 85.7 Å². The fraction of sp³-hybridized carbons (Fsp3) is 0.500.